The molecule has 3 heterocycles. The number of hydrogen-bond donors (Lipinski definition) is 1. The Labute approximate surface area is 140 Å². The molecule has 2 aromatic heterocycles. The summed E-state index contributed by atoms with van der Waals surface area (Å²) in [4.78, 5) is 14.5. The van der Waals surface area contributed by atoms with E-state index in [1.165, 1.54) is 6.20 Å². The van der Waals surface area contributed by atoms with Crippen molar-refractivity contribution in [3.05, 3.63) is 29.4 Å². The number of nitrogens with one attached hydrogen (secondary N) is 1. The van der Waals surface area contributed by atoms with Crippen molar-refractivity contribution in [3.8, 4) is 0 Å². The molecule has 1 fully saturated rings. The Morgan fingerprint density at radius 2 is 2.29 bits per heavy atom. The van der Waals surface area contributed by atoms with E-state index in [4.69, 9.17) is 4.52 Å². The van der Waals surface area contributed by atoms with E-state index in [0.717, 1.165) is 19.1 Å². The molecule has 0 radical (unpaired) electrons. The van der Waals surface area contributed by atoms with Crippen LogP contribution in [-0.2, 0) is 16.3 Å². The molecule has 1 saturated heterocycles. The maximum atomic E-state index is 12.6. The van der Waals surface area contributed by atoms with Crippen molar-refractivity contribution in [1.29, 1.82) is 0 Å². The number of hydrogen-bond acceptors (Lipinski definition) is 6. The molecular weight excluding hydrogens is 332 g/mol. The van der Waals surface area contributed by atoms with Crippen molar-refractivity contribution in [2.45, 2.75) is 37.0 Å². The average molecular weight is 352 g/mol. The number of H-pyrrole nitrogens is 1. The highest BCUT2D eigenvalue weighted by Gasteiger charge is 2.31. The van der Waals surface area contributed by atoms with Gasteiger partial charge >= 0.3 is 0 Å². The van der Waals surface area contributed by atoms with Gasteiger partial charge in [0.25, 0.3) is 5.91 Å². The fraction of sp³-hybridized carbons (Fsp3) is 0.533. The number of rotatable bonds is 4. The molecular formula is C15H20N4O4S. The molecule has 0 spiro atoms. The molecule has 1 N–H and O–H groups in total. The van der Waals surface area contributed by atoms with Crippen molar-refractivity contribution in [2.75, 3.05) is 19.3 Å². The monoisotopic (exact) mass is 352 g/mol. The van der Waals surface area contributed by atoms with Crippen LogP contribution >= 0.6 is 0 Å². The van der Waals surface area contributed by atoms with E-state index < -0.39 is 9.84 Å². The maximum Gasteiger partial charge on any atom is 0.276 e. The predicted octanol–water partition coefficient (Wildman–Crippen LogP) is 1.38. The maximum absolute atomic E-state index is 12.6. The van der Waals surface area contributed by atoms with Crippen molar-refractivity contribution >= 4 is 15.7 Å². The molecule has 24 heavy (non-hydrogen) atoms. The van der Waals surface area contributed by atoms with Crippen LogP contribution in [0.25, 0.3) is 0 Å². The molecule has 0 bridgehead atoms. The number of likely N-dealkylation sites (tertiary alicyclic amines) is 1. The molecule has 1 atom stereocenters. The minimum absolute atomic E-state index is 0.0903. The number of carbonyl (C=O) groups is 1. The van der Waals surface area contributed by atoms with Crippen LogP contribution in [0.3, 0.4) is 0 Å². The van der Waals surface area contributed by atoms with Gasteiger partial charge in [-0.15, -0.1) is 0 Å². The summed E-state index contributed by atoms with van der Waals surface area (Å²) in [6.07, 6.45) is 4.75. The van der Waals surface area contributed by atoms with E-state index in [1.54, 1.807) is 11.0 Å². The van der Waals surface area contributed by atoms with E-state index in [2.05, 4.69) is 15.4 Å². The van der Waals surface area contributed by atoms with E-state index in [1.807, 2.05) is 6.92 Å². The molecule has 0 aromatic carbocycles. The van der Waals surface area contributed by atoms with Gasteiger partial charge in [-0.1, -0.05) is 12.1 Å². The summed E-state index contributed by atoms with van der Waals surface area (Å²) in [7, 11) is -3.35. The van der Waals surface area contributed by atoms with Gasteiger partial charge < -0.3 is 9.42 Å². The summed E-state index contributed by atoms with van der Waals surface area (Å²) >= 11 is 0. The summed E-state index contributed by atoms with van der Waals surface area (Å²) in [6.45, 7) is 2.97. The van der Waals surface area contributed by atoms with Gasteiger partial charge in [0.1, 0.15) is 10.7 Å². The second kappa shape index (κ2) is 6.39. The predicted molar refractivity (Wildman–Crippen MR) is 85.5 cm³/mol. The van der Waals surface area contributed by atoms with Crippen LogP contribution in [-0.4, -0.2) is 53.9 Å². The van der Waals surface area contributed by atoms with Gasteiger partial charge in [-0.25, -0.2) is 8.42 Å². The lowest BCUT2D eigenvalue weighted by Crippen LogP contribution is -2.39. The normalized spacial score (nSPS) is 18.8. The first-order valence-corrected chi connectivity index (χ1v) is 9.77. The highest BCUT2D eigenvalue weighted by Crippen LogP contribution is 2.30. The topological polar surface area (TPSA) is 109 Å². The van der Waals surface area contributed by atoms with E-state index >= 15 is 0 Å². The number of piperidine rings is 1. The number of nitrogens with zero attached hydrogens (tertiary/aromatic N) is 3. The van der Waals surface area contributed by atoms with Crippen LogP contribution in [0.2, 0.25) is 0 Å². The first kappa shape index (κ1) is 16.7. The standard InChI is InChI=1S/C15H20N4O4S/c1-3-11-7-12(18-23-11)15(20)19-6-4-5-10(9-19)14-13(8-16-17-14)24(2,21)22/h7-8,10H,3-6,9H2,1-2H3,(H,16,17). The van der Waals surface area contributed by atoms with Gasteiger partial charge in [-0.2, -0.15) is 5.10 Å². The number of aromatic amines is 1. The van der Waals surface area contributed by atoms with Crippen LogP contribution in [0.5, 0.6) is 0 Å². The SMILES string of the molecule is CCc1cc(C(=O)N2CCCC(c3[nH]ncc3S(C)(=O)=O)C2)no1. The molecule has 9 heteroatoms. The van der Waals surface area contributed by atoms with Crippen molar-refractivity contribution in [1.82, 2.24) is 20.3 Å². The van der Waals surface area contributed by atoms with Gasteiger partial charge in [0.05, 0.1) is 11.9 Å². The number of amides is 1. The second-order valence-corrected chi connectivity index (χ2v) is 8.03. The fourth-order valence-electron chi connectivity index (χ4n) is 3.01. The van der Waals surface area contributed by atoms with E-state index in [-0.39, 0.29) is 16.7 Å². The third kappa shape index (κ3) is 3.21. The Morgan fingerprint density at radius 1 is 1.50 bits per heavy atom. The Hall–Kier alpha value is -2.16. The molecule has 1 aliphatic heterocycles. The lowest BCUT2D eigenvalue weighted by Gasteiger charge is -2.32. The van der Waals surface area contributed by atoms with Crippen molar-refractivity contribution < 1.29 is 17.7 Å². The van der Waals surface area contributed by atoms with Crippen LogP contribution < -0.4 is 0 Å². The first-order valence-electron chi connectivity index (χ1n) is 7.88. The zero-order valence-electron chi connectivity index (χ0n) is 13.7. The van der Waals surface area contributed by atoms with Crippen LogP contribution in [0.4, 0.5) is 0 Å². The average Bonchev–Trinajstić information content (AvgIpc) is 3.23. The van der Waals surface area contributed by atoms with Gasteiger partial charge in [0.2, 0.25) is 0 Å². The lowest BCUT2D eigenvalue weighted by atomic mass is 9.94. The molecule has 130 valence electrons. The summed E-state index contributed by atoms with van der Waals surface area (Å²) in [5, 5.41) is 10.5. The zero-order chi connectivity index (χ0) is 17.3. The van der Waals surface area contributed by atoms with E-state index in [0.29, 0.717) is 36.7 Å². The molecule has 0 saturated carbocycles. The van der Waals surface area contributed by atoms with Crippen molar-refractivity contribution in [2.24, 2.45) is 0 Å². The number of aromatic nitrogens is 3. The molecule has 2 aromatic rings. The molecule has 1 amide bonds. The van der Waals surface area contributed by atoms with Gasteiger partial charge in [-0.05, 0) is 12.8 Å². The third-order valence-corrected chi connectivity index (χ3v) is 5.40. The minimum Gasteiger partial charge on any atom is -0.361 e. The van der Waals surface area contributed by atoms with Crippen LogP contribution in [0.1, 0.15) is 47.6 Å². The Bertz CT molecular complexity index is 839. The third-order valence-electron chi connectivity index (χ3n) is 4.28. The fourth-order valence-corrected chi connectivity index (χ4v) is 3.87. The number of aryl methyl sites for hydroxylation is 1. The van der Waals surface area contributed by atoms with Crippen LogP contribution in [0, 0.1) is 0 Å². The van der Waals surface area contributed by atoms with Gasteiger partial charge in [-0.3, -0.25) is 9.89 Å². The molecule has 1 aliphatic rings. The quantitative estimate of drug-likeness (QED) is 0.890. The van der Waals surface area contributed by atoms with Gasteiger partial charge in [0.15, 0.2) is 15.5 Å². The molecule has 0 aliphatic carbocycles. The summed E-state index contributed by atoms with van der Waals surface area (Å²) in [6, 6.07) is 1.66. The highest BCUT2D eigenvalue weighted by molar-refractivity contribution is 7.90. The summed E-state index contributed by atoms with van der Waals surface area (Å²) in [5.41, 5.74) is 0.866. The largest absolute Gasteiger partial charge is 0.361 e. The van der Waals surface area contributed by atoms with E-state index in [9.17, 15) is 13.2 Å². The Morgan fingerprint density at radius 3 is 2.96 bits per heavy atom. The lowest BCUT2D eigenvalue weighted by molar-refractivity contribution is 0.0694. The highest BCUT2D eigenvalue weighted by atomic mass is 32.2. The summed E-state index contributed by atoms with van der Waals surface area (Å²) in [5.74, 6) is 0.385. The smallest absolute Gasteiger partial charge is 0.276 e. The molecule has 3 rings (SSSR count). The summed E-state index contributed by atoms with van der Waals surface area (Å²) < 4.78 is 28.8. The minimum atomic E-state index is -3.35. The zero-order valence-corrected chi connectivity index (χ0v) is 14.5. The molecule has 8 nitrogen and oxygen atoms in total. The first-order chi connectivity index (χ1) is 11.4. The Balaban J connectivity index is 1.80. The number of carbonyl (C=O) groups excluding carboxylic acids is 1. The second-order valence-electron chi connectivity index (χ2n) is 6.04. The van der Waals surface area contributed by atoms with Crippen molar-refractivity contribution in [3.63, 3.8) is 0 Å². The number of sulfone groups is 1. The molecule has 1 unspecified atom stereocenters. The van der Waals surface area contributed by atoms with Gasteiger partial charge in [0, 0.05) is 37.8 Å². The Kier molecular flexibility index (Phi) is 4.44. The van der Waals surface area contributed by atoms with Crippen LogP contribution in [0.15, 0.2) is 21.7 Å².